The second kappa shape index (κ2) is 6.21. The molecule has 2 aromatic carbocycles. The first kappa shape index (κ1) is 14.8. The van der Waals surface area contributed by atoms with Gasteiger partial charge in [-0.1, -0.05) is 17.3 Å². The van der Waals surface area contributed by atoms with Crippen molar-refractivity contribution in [2.45, 2.75) is 13.5 Å². The maximum atomic E-state index is 13.8. The second-order valence-corrected chi connectivity index (χ2v) is 4.51. The summed E-state index contributed by atoms with van der Waals surface area (Å²) in [6.07, 6.45) is 0. The number of nitrogens with two attached hydrogens (primary N) is 1. The van der Waals surface area contributed by atoms with Crippen molar-refractivity contribution in [2.75, 3.05) is 0 Å². The zero-order chi connectivity index (χ0) is 15.4. The molecule has 0 radical (unpaired) electrons. The summed E-state index contributed by atoms with van der Waals surface area (Å²) in [5.74, 6) is -1.13. The summed E-state index contributed by atoms with van der Waals surface area (Å²) < 4.78 is 32.6. The van der Waals surface area contributed by atoms with E-state index in [4.69, 9.17) is 15.7 Å². The zero-order valence-corrected chi connectivity index (χ0v) is 11.3. The summed E-state index contributed by atoms with van der Waals surface area (Å²) in [7, 11) is 0. The van der Waals surface area contributed by atoms with Crippen LogP contribution in [0.2, 0.25) is 0 Å². The molecule has 0 heterocycles. The first-order valence-corrected chi connectivity index (χ1v) is 6.16. The molecular weight excluding hydrogens is 278 g/mol. The van der Waals surface area contributed by atoms with Crippen LogP contribution in [0.3, 0.4) is 0 Å². The average Bonchev–Trinajstić information content (AvgIpc) is 2.47. The molecule has 0 fully saturated rings. The number of aryl methyl sites for hydroxylation is 1. The maximum Gasteiger partial charge on any atom is 0.170 e. The molecule has 21 heavy (non-hydrogen) atoms. The van der Waals surface area contributed by atoms with Crippen molar-refractivity contribution >= 4 is 5.84 Å². The van der Waals surface area contributed by atoms with Crippen molar-refractivity contribution in [3.05, 3.63) is 64.7 Å². The first-order chi connectivity index (χ1) is 10.0. The molecule has 2 aromatic rings. The molecular formula is C15H14F2N2O2. The number of benzene rings is 2. The summed E-state index contributed by atoms with van der Waals surface area (Å²) in [6, 6.07) is 8.66. The zero-order valence-electron chi connectivity index (χ0n) is 11.3. The Kier molecular flexibility index (Phi) is 4.37. The molecule has 0 saturated heterocycles. The summed E-state index contributed by atoms with van der Waals surface area (Å²) in [4.78, 5) is 0. The highest BCUT2D eigenvalue weighted by atomic mass is 19.1. The lowest BCUT2D eigenvalue weighted by atomic mass is 10.1. The molecule has 0 spiro atoms. The number of rotatable bonds is 4. The lowest BCUT2D eigenvalue weighted by Gasteiger charge is -2.10. The van der Waals surface area contributed by atoms with Crippen molar-refractivity contribution in [3.8, 4) is 5.75 Å². The summed E-state index contributed by atoms with van der Waals surface area (Å²) >= 11 is 0. The van der Waals surface area contributed by atoms with Gasteiger partial charge in [0, 0.05) is 5.56 Å². The maximum absolute atomic E-state index is 13.8. The Morgan fingerprint density at radius 1 is 1.29 bits per heavy atom. The highest BCUT2D eigenvalue weighted by molar-refractivity contribution is 5.97. The highest BCUT2D eigenvalue weighted by Gasteiger charge is 2.08. The molecule has 0 aliphatic rings. The van der Waals surface area contributed by atoms with Gasteiger partial charge in [-0.05, 0) is 42.3 Å². The predicted octanol–water partition coefficient (Wildman–Crippen LogP) is 2.95. The number of nitrogens with zero attached hydrogens (tertiary/aromatic N) is 1. The monoisotopic (exact) mass is 292 g/mol. The largest absolute Gasteiger partial charge is 0.486 e. The number of hydrogen-bond donors (Lipinski definition) is 2. The molecule has 0 amide bonds. The molecule has 0 aliphatic heterocycles. The first-order valence-electron chi connectivity index (χ1n) is 6.16. The van der Waals surface area contributed by atoms with Gasteiger partial charge in [0.1, 0.15) is 12.4 Å². The van der Waals surface area contributed by atoms with Gasteiger partial charge in [-0.2, -0.15) is 0 Å². The standard InChI is InChI=1S/C15H14F2N2O2/c1-9-3-2-4-13(14(9)17)21-8-10-5-11(15(18)19-20)7-12(16)6-10/h2-7,20H,8H2,1H3,(H2,18,19). The number of ether oxygens (including phenoxy) is 1. The molecule has 2 rings (SSSR count). The smallest absolute Gasteiger partial charge is 0.170 e. The van der Waals surface area contributed by atoms with Crippen LogP contribution in [0.4, 0.5) is 8.78 Å². The van der Waals surface area contributed by atoms with Crippen LogP contribution < -0.4 is 10.5 Å². The quantitative estimate of drug-likeness (QED) is 0.394. The Morgan fingerprint density at radius 3 is 2.76 bits per heavy atom. The number of amidine groups is 1. The van der Waals surface area contributed by atoms with E-state index in [1.54, 1.807) is 19.1 Å². The molecule has 0 atom stereocenters. The molecule has 0 unspecified atom stereocenters. The third-order valence-corrected chi connectivity index (χ3v) is 2.91. The van der Waals surface area contributed by atoms with E-state index in [0.29, 0.717) is 11.1 Å². The Balaban J connectivity index is 2.20. The van der Waals surface area contributed by atoms with Crippen LogP contribution in [0.25, 0.3) is 0 Å². The fourth-order valence-corrected chi connectivity index (χ4v) is 1.83. The third-order valence-electron chi connectivity index (χ3n) is 2.91. The van der Waals surface area contributed by atoms with E-state index in [2.05, 4.69) is 5.16 Å². The third kappa shape index (κ3) is 3.47. The van der Waals surface area contributed by atoms with E-state index in [0.717, 1.165) is 6.07 Å². The Bertz CT molecular complexity index is 687. The van der Waals surface area contributed by atoms with Gasteiger partial charge in [0.25, 0.3) is 0 Å². The highest BCUT2D eigenvalue weighted by Crippen LogP contribution is 2.21. The van der Waals surface area contributed by atoms with Crippen molar-refractivity contribution in [1.82, 2.24) is 0 Å². The van der Waals surface area contributed by atoms with Crippen LogP contribution in [0, 0.1) is 18.6 Å². The van der Waals surface area contributed by atoms with Crippen LogP contribution >= 0.6 is 0 Å². The van der Waals surface area contributed by atoms with Gasteiger partial charge in [0.15, 0.2) is 17.4 Å². The van der Waals surface area contributed by atoms with Gasteiger partial charge < -0.3 is 15.7 Å². The molecule has 6 heteroatoms. The summed E-state index contributed by atoms with van der Waals surface area (Å²) in [5.41, 5.74) is 6.54. The Morgan fingerprint density at radius 2 is 2.05 bits per heavy atom. The molecule has 4 nitrogen and oxygen atoms in total. The molecule has 0 aliphatic carbocycles. The lowest BCUT2D eigenvalue weighted by molar-refractivity contribution is 0.289. The van der Waals surface area contributed by atoms with E-state index < -0.39 is 11.6 Å². The lowest BCUT2D eigenvalue weighted by Crippen LogP contribution is -2.14. The average molecular weight is 292 g/mol. The van der Waals surface area contributed by atoms with Crippen molar-refractivity contribution < 1.29 is 18.7 Å². The Hall–Kier alpha value is -2.63. The van der Waals surface area contributed by atoms with Gasteiger partial charge in [-0.3, -0.25) is 0 Å². The molecule has 0 bridgehead atoms. The number of hydrogen-bond acceptors (Lipinski definition) is 3. The van der Waals surface area contributed by atoms with Crippen LogP contribution in [0.5, 0.6) is 5.75 Å². The minimum Gasteiger partial charge on any atom is -0.486 e. The van der Waals surface area contributed by atoms with E-state index >= 15 is 0 Å². The molecule has 0 saturated carbocycles. The van der Waals surface area contributed by atoms with Crippen molar-refractivity contribution in [1.29, 1.82) is 0 Å². The van der Waals surface area contributed by atoms with E-state index in [9.17, 15) is 8.78 Å². The predicted molar refractivity (Wildman–Crippen MR) is 74.4 cm³/mol. The van der Waals surface area contributed by atoms with Crippen molar-refractivity contribution in [2.24, 2.45) is 10.9 Å². The minimum absolute atomic E-state index is 0.0379. The van der Waals surface area contributed by atoms with Gasteiger partial charge in [0.05, 0.1) is 0 Å². The normalized spacial score (nSPS) is 11.5. The second-order valence-electron chi connectivity index (χ2n) is 4.51. The molecule has 3 N–H and O–H groups in total. The van der Waals surface area contributed by atoms with Crippen LogP contribution in [0.15, 0.2) is 41.6 Å². The minimum atomic E-state index is -0.553. The van der Waals surface area contributed by atoms with E-state index in [1.807, 2.05) is 0 Å². The van der Waals surface area contributed by atoms with Crippen LogP contribution in [-0.2, 0) is 6.61 Å². The summed E-state index contributed by atoms with van der Waals surface area (Å²) in [5, 5.41) is 11.4. The fourth-order valence-electron chi connectivity index (χ4n) is 1.83. The SMILES string of the molecule is Cc1cccc(OCc2cc(F)cc(/C(N)=N/O)c2)c1F. The van der Waals surface area contributed by atoms with Gasteiger partial charge in [0.2, 0.25) is 0 Å². The van der Waals surface area contributed by atoms with Crippen LogP contribution in [-0.4, -0.2) is 11.0 Å². The van der Waals surface area contributed by atoms with Crippen molar-refractivity contribution in [3.63, 3.8) is 0 Å². The van der Waals surface area contributed by atoms with E-state index in [1.165, 1.54) is 18.2 Å². The van der Waals surface area contributed by atoms with E-state index in [-0.39, 0.29) is 23.8 Å². The topological polar surface area (TPSA) is 67.8 Å². The van der Waals surface area contributed by atoms with Gasteiger partial charge in [-0.25, -0.2) is 8.78 Å². The Labute approximate surface area is 120 Å². The molecule has 0 aromatic heterocycles. The summed E-state index contributed by atoms with van der Waals surface area (Å²) in [6.45, 7) is 1.59. The number of oxime groups is 1. The van der Waals surface area contributed by atoms with Gasteiger partial charge in [-0.15, -0.1) is 0 Å². The number of halogens is 2. The van der Waals surface area contributed by atoms with Gasteiger partial charge >= 0.3 is 0 Å². The molecule has 110 valence electrons. The fraction of sp³-hybridized carbons (Fsp3) is 0.133. The van der Waals surface area contributed by atoms with Crippen LogP contribution in [0.1, 0.15) is 16.7 Å².